The van der Waals surface area contributed by atoms with E-state index in [-0.39, 0.29) is 11.9 Å². The molecule has 0 bridgehead atoms. The molecule has 2 nitrogen and oxygen atoms in total. The van der Waals surface area contributed by atoms with Gasteiger partial charge in [-0.15, -0.1) is 0 Å². The summed E-state index contributed by atoms with van der Waals surface area (Å²) in [5.74, 6) is 0.266. The molecule has 0 saturated heterocycles. The highest BCUT2D eigenvalue weighted by Gasteiger charge is 2.04. The fourth-order valence-electron chi connectivity index (χ4n) is 1.32. The van der Waals surface area contributed by atoms with Crippen LogP contribution in [0.3, 0.4) is 0 Å². The van der Waals surface area contributed by atoms with Crippen LogP contribution in [0.1, 0.15) is 19.4 Å². The summed E-state index contributed by atoms with van der Waals surface area (Å²) in [4.78, 5) is 0. The fourth-order valence-corrected chi connectivity index (χ4v) is 1.32. The van der Waals surface area contributed by atoms with Crippen molar-refractivity contribution in [1.29, 1.82) is 0 Å². The Labute approximate surface area is 96.1 Å². The second kappa shape index (κ2) is 6.28. The summed E-state index contributed by atoms with van der Waals surface area (Å²) in [7, 11) is 0. The van der Waals surface area contributed by atoms with E-state index in [0.29, 0.717) is 12.3 Å². The van der Waals surface area contributed by atoms with E-state index in [1.165, 1.54) is 12.1 Å². The Morgan fingerprint density at radius 3 is 2.88 bits per heavy atom. The number of hydrogen-bond donors (Lipinski definition) is 1. The first-order valence-electron chi connectivity index (χ1n) is 5.45. The molecular weight excluding hydrogens is 205 g/mol. The van der Waals surface area contributed by atoms with E-state index < -0.39 is 0 Å². The van der Waals surface area contributed by atoms with Gasteiger partial charge < -0.3 is 10.1 Å². The summed E-state index contributed by atoms with van der Waals surface area (Å²) in [6.45, 7) is 9.00. The monoisotopic (exact) mass is 223 g/mol. The molecule has 1 aromatic carbocycles. The van der Waals surface area contributed by atoms with Gasteiger partial charge in [0, 0.05) is 12.6 Å². The number of ether oxygens (including phenoxy) is 1. The van der Waals surface area contributed by atoms with Crippen molar-refractivity contribution in [2.75, 3.05) is 6.54 Å². The fraction of sp³-hybridized carbons (Fsp3) is 0.385. The average molecular weight is 223 g/mol. The molecule has 1 unspecified atom stereocenters. The number of rotatable bonds is 6. The van der Waals surface area contributed by atoms with Crippen molar-refractivity contribution in [1.82, 2.24) is 5.32 Å². The topological polar surface area (TPSA) is 21.3 Å². The van der Waals surface area contributed by atoms with Gasteiger partial charge in [0.2, 0.25) is 0 Å². The lowest BCUT2D eigenvalue weighted by molar-refractivity contribution is 0.268. The minimum atomic E-state index is -0.276. The zero-order valence-corrected chi connectivity index (χ0v) is 9.79. The summed E-state index contributed by atoms with van der Waals surface area (Å²) in [5, 5.41) is 3.14. The molecule has 0 saturated carbocycles. The molecule has 1 atom stereocenters. The van der Waals surface area contributed by atoms with Crippen LogP contribution in [0.5, 0.6) is 5.75 Å². The molecular formula is C13H18FNO. The molecule has 0 aliphatic heterocycles. The van der Waals surface area contributed by atoms with Crippen molar-refractivity contribution in [3.63, 3.8) is 0 Å². The van der Waals surface area contributed by atoms with Gasteiger partial charge in [0.15, 0.2) is 0 Å². The molecule has 0 fully saturated rings. The Bertz CT molecular complexity index is 352. The van der Waals surface area contributed by atoms with Crippen LogP contribution in [0, 0.1) is 5.82 Å². The van der Waals surface area contributed by atoms with Gasteiger partial charge in [-0.25, -0.2) is 4.39 Å². The van der Waals surface area contributed by atoms with Crippen LogP contribution in [0.4, 0.5) is 4.39 Å². The van der Waals surface area contributed by atoms with E-state index in [1.807, 2.05) is 19.9 Å². The maximum absolute atomic E-state index is 13.3. The normalized spacial score (nSPS) is 12.2. The minimum absolute atomic E-state index is 0.117. The Hall–Kier alpha value is -1.35. The van der Waals surface area contributed by atoms with Gasteiger partial charge >= 0.3 is 0 Å². The van der Waals surface area contributed by atoms with Crippen molar-refractivity contribution < 1.29 is 9.13 Å². The molecule has 1 N–H and O–H groups in total. The predicted octanol–water partition coefficient (Wildman–Crippen LogP) is 2.89. The predicted molar refractivity (Wildman–Crippen MR) is 64.1 cm³/mol. The molecule has 0 spiro atoms. The molecule has 16 heavy (non-hydrogen) atoms. The van der Waals surface area contributed by atoms with E-state index in [1.54, 1.807) is 6.08 Å². The van der Waals surface area contributed by atoms with E-state index in [2.05, 4.69) is 11.9 Å². The maximum atomic E-state index is 13.3. The van der Waals surface area contributed by atoms with Gasteiger partial charge in [-0.3, -0.25) is 0 Å². The summed E-state index contributed by atoms with van der Waals surface area (Å²) in [5.41, 5.74) is 0.883. The Morgan fingerprint density at radius 1 is 1.50 bits per heavy atom. The standard InChI is InChI=1S/C13H18FNO/c1-4-10(3)16-13-7-11(9-15-5-2)6-12(14)8-13/h4,6-8,10,15H,1,5,9H2,2-3H3. The van der Waals surface area contributed by atoms with Crippen LogP contribution in [0.15, 0.2) is 30.9 Å². The molecule has 1 aromatic rings. The van der Waals surface area contributed by atoms with Crippen LogP contribution in [0.2, 0.25) is 0 Å². The van der Waals surface area contributed by atoms with Crippen molar-refractivity contribution >= 4 is 0 Å². The number of halogens is 1. The van der Waals surface area contributed by atoms with Crippen LogP contribution in [0.25, 0.3) is 0 Å². The summed E-state index contributed by atoms with van der Waals surface area (Å²) in [6.07, 6.45) is 1.56. The third-order valence-electron chi connectivity index (χ3n) is 2.16. The quantitative estimate of drug-likeness (QED) is 0.749. The molecule has 0 aromatic heterocycles. The van der Waals surface area contributed by atoms with E-state index in [4.69, 9.17) is 4.74 Å². The average Bonchev–Trinajstić information content (AvgIpc) is 2.25. The number of benzene rings is 1. The third-order valence-corrected chi connectivity index (χ3v) is 2.16. The van der Waals surface area contributed by atoms with Gasteiger partial charge in [-0.05, 0) is 31.2 Å². The lowest BCUT2D eigenvalue weighted by Crippen LogP contribution is -2.13. The van der Waals surface area contributed by atoms with Gasteiger partial charge in [-0.2, -0.15) is 0 Å². The van der Waals surface area contributed by atoms with Gasteiger partial charge in [-0.1, -0.05) is 19.6 Å². The smallest absolute Gasteiger partial charge is 0.127 e. The van der Waals surface area contributed by atoms with Gasteiger partial charge in [0.05, 0.1) is 0 Å². The van der Waals surface area contributed by atoms with Gasteiger partial charge in [0.1, 0.15) is 17.7 Å². The Kier molecular flexibility index (Phi) is 4.99. The lowest BCUT2D eigenvalue weighted by Gasteiger charge is -2.12. The van der Waals surface area contributed by atoms with E-state index in [9.17, 15) is 4.39 Å². The molecule has 1 rings (SSSR count). The van der Waals surface area contributed by atoms with Crippen molar-refractivity contribution in [2.24, 2.45) is 0 Å². The minimum Gasteiger partial charge on any atom is -0.487 e. The molecule has 0 heterocycles. The maximum Gasteiger partial charge on any atom is 0.127 e. The van der Waals surface area contributed by atoms with Crippen LogP contribution in [-0.2, 0) is 6.54 Å². The van der Waals surface area contributed by atoms with Crippen LogP contribution >= 0.6 is 0 Å². The lowest BCUT2D eigenvalue weighted by atomic mass is 10.2. The second-order valence-electron chi connectivity index (χ2n) is 3.63. The number of hydrogen-bond acceptors (Lipinski definition) is 2. The zero-order valence-electron chi connectivity index (χ0n) is 9.79. The summed E-state index contributed by atoms with van der Waals surface area (Å²) in [6, 6.07) is 4.73. The zero-order chi connectivity index (χ0) is 12.0. The van der Waals surface area contributed by atoms with Crippen LogP contribution in [-0.4, -0.2) is 12.6 Å². The largest absolute Gasteiger partial charge is 0.487 e. The second-order valence-corrected chi connectivity index (χ2v) is 3.63. The molecule has 3 heteroatoms. The summed E-state index contributed by atoms with van der Waals surface area (Å²) < 4.78 is 18.8. The highest BCUT2D eigenvalue weighted by atomic mass is 19.1. The van der Waals surface area contributed by atoms with Gasteiger partial charge in [0.25, 0.3) is 0 Å². The van der Waals surface area contributed by atoms with E-state index >= 15 is 0 Å². The van der Waals surface area contributed by atoms with Crippen molar-refractivity contribution in [3.8, 4) is 5.75 Å². The molecule has 0 radical (unpaired) electrons. The highest BCUT2D eigenvalue weighted by Crippen LogP contribution is 2.18. The first kappa shape index (κ1) is 12.7. The molecule has 0 amide bonds. The highest BCUT2D eigenvalue weighted by molar-refractivity contribution is 5.30. The Balaban J connectivity index is 2.76. The number of nitrogens with one attached hydrogen (secondary N) is 1. The SMILES string of the molecule is C=CC(C)Oc1cc(F)cc(CNCC)c1. The first-order valence-corrected chi connectivity index (χ1v) is 5.45. The molecule has 0 aliphatic rings. The molecule has 0 aliphatic carbocycles. The third kappa shape index (κ3) is 4.03. The Morgan fingerprint density at radius 2 is 2.25 bits per heavy atom. The summed E-state index contributed by atoms with van der Waals surface area (Å²) >= 11 is 0. The van der Waals surface area contributed by atoms with Crippen molar-refractivity contribution in [2.45, 2.75) is 26.5 Å². The van der Waals surface area contributed by atoms with Crippen molar-refractivity contribution in [3.05, 3.63) is 42.2 Å². The first-order chi connectivity index (χ1) is 7.65. The van der Waals surface area contributed by atoms with Crippen LogP contribution < -0.4 is 10.1 Å². The molecule has 88 valence electrons. The van der Waals surface area contributed by atoms with E-state index in [0.717, 1.165) is 12.1 Å².